The maximum absolute atomic E-state index is 12.9. The second-order valence-corrected chi connectivity index (χ2v) is 9.18. The van der Waals surface area contributed by atoms with Crippen molar-refractivity contribution in [3.05, 3.63) is 29.3 Å². The third-order valence-corrected chi connectivity index (χ3v) is 7.36. The number of hydrogen-bond acceptors (Lipinski definition) is 6. The maximum atomic E-state index is 12.9. The van der Waals surface area contributed by atoms with Crippen LogP contribution < -0.4 is 0 Å². The highest BCUT2D eigenvalue weighted by Crippen LogP contribution is 2.25. The van der Waals surface area contributed by atoms with E-state index in [1.54, 1.807) is 24.1 Å². The Bertz CT molecular complexity index is 785. The molecule has 3 rings (SSSR count). The van der Waals surface area contributed by atoms with E-state index in [0.29, 0.717) is 19.8 Å². The van der Waals surface area contributed by atoms with Gasteiger partial charge in [-0.05, 0) is 12.1 Å². The lowest BCUT2D eigenvalue weighted by Gasteiger charge is -2.34. The molecular weight excluding hydrogens is 406 g/mol. The molecule has 10 heteroatoms. The van der Waals surface area contributed by atoms with Crippen molar-refractivity contribution in [3.8, 4) is 0 Å². The molecule has 1 aromatic rings. The summed E-state index contributed by atoms with van der Waals surface area (Å²) in [6.07, 6.45) is -0.819. The number of sulfonamides is 1. The summed E-state index contributed by atoms with van der Waals surface area (Å²) < 4.78 is 38.0. The predicted octanol–water partition coefficient (Wildman–Crippen LogP) is 0.520. The third kappa shape index (κ3) is 5.03. The SMILES string of the molecule is CN(CCN1CCOCC1)C(=O)[C@H]1CN(S(=O)(=O)c2ccccc2Cl)CCO1. The number of nitrogens with zero attached hydrogens (tertiary/aromatic N) is 3. The Balaban J connectivity index is 1.60. The summed E-state index contributed by atoms with van der Waals surface area (Å²) in [6.45, 7) is 4.75. The van der Waals surface area contributed by atoms with Crippen LogP contribution in [-0.4, -0.2) is 101 Å². The monoisotopic (exact) mass is 431 g/mol. The number of benzene rings is 1. The van der Waals surface area contributed by atoms with Gasteiger partial charge < -0.3 is 14.4 Å². The van der Waals surface area contributed by atoms with Crippen LogP contribution in [0.5, 0.6) is 0 Å². The normalized spacial score (nSPS) is 22.1. The standard InChI is InChI=1S/C18H26ClN3O5S/c1-20(6-7-21-8-11-26-12-9-21)18(23)16-14-22(10-13-27-16)28(24,25)17-5-3-2-4-15(17)19/h2-5,16H,6-14H2,1H3/t16-/m1/s1. The van der Waals surface area contributed by atoms with E-state index in [1.807, 2.05) is 0 Å². The Morgan fingerprint density at radius 1 is 1.21 bits per heavy atom. The number of rotatable bonds is 6. The maximum Gasteiger partial charge on any atom is 0.252 e. The molecule has 0 bridgehead atoms. The van der Waals surface area contributed by atoms with E-state index in [1.165, 1.54) is 16.4 Å². The van der Waals surface area contributed by atoms with Crippen LogP contribution >= 0.6 is 11.6 Å². The van der Waals surface area contributed by atoms with Crippen LogP contribution in [0.25, 0.3) is 0 Å². The Kier molecular flexibility index (Phi) is 7.30. The fraction of sp³-hybridized carbons (Fsp3) is 0.611. The van der Waals surface area contributed by atoms with Gasteiger partial charge >= 0.3 is 0 Å². The molecule has 2 aliphatic rings. The molecule has 0 N–H and O–H groups in total. The first-order valence-corrected chi connectivity index (χ1v) is 11.1. The van der Waals surface area contributed by atoms with Gasteiger partial charge in [0, 0.05) is 46.3 Å². The van der Waals surface area contributed by atoms with Gasteiger partial charge in [0.2, 0.25) is 10.0 Å². The van der Waals surface area contributed by atoms with Crippen LogP contribution in [-0.2, 0) is 24.3 Å². The van der Waals surface area contributed by atoms with Gasteiger partial charge in [-0.1, -0.05) is 23.7 Å². The van der Waals surface area contributed by atoms with E-state index in [0.717, 1.165) is 19.6 Å². The molecule has 156 valence electrons. The molecule has 1 amide bonds. The Morgan fingerprint density at radius 3 is 2.64 bits per heavy atom. The number of carbonyl (C=O) groups excluding carboxylic acids is 1. The highest BCUT2D eigenvalue weighted by atomic mass is 35.5. The Morgan fingerprint density at radius 2 is 1.93 bits per heavy atom. The minimum atomic E-state index is -3.79. The lowest BCUT2D eigenvalue weighted by atomic mass is 10.2. The minimum Gasteiger partial charge on any atom is -0.379 e. The summed E-state index contributed by atoms with van der Waals surface area (Å²) >= 11 is 6.07. The van der Waals surface area contributed by atoms with Gasteiger partial charge in [0.15, 0.2) is 0 Å². The number of likely N-dealkylation sites (N-methyl/N-ethyl adjacent to an activating group) is 1. The summed E-state index contributed by atoms with van der Waals surface area (Å²) in [5, 5.41) is 0.166. The van der Waals surface area contributed by atoms with E-state index in [4.69, 9.17) is 21.1 Å². The van der Waals surface area contributed by atoms with Crippen molar-refractivity contribution in [2.24, 2.45) is 0 Å². The number of ether oxygens (including phenoxy) is 2. The minimum absolute atomic E-state index is 0.0196. The zero-order chi connectivity index (χ0) is 20.1. The molecule has 1 atom stereocenters. The largest absolute Gasteiger partial charge is 0.379 e. The van der Waals surface area contributed by atoms with Crippen LogP contribution in [0.2, 0.25) is 5.02 Å². The first-order chi connectivity index (χ1) is 13.4. The van der Waals surface area contributed by atoms with Crippen molar-refractivity contribution in [1.29, 1.82) is 0 Å². The van der Waals surface area contributed by atoms with Crippen molar-refractivity contribution in [3.63, 3.8) is 0 Å². The van der Waals surface area contributed by atoms with Gasteiger partial charge in [0.1, 0.15) is 11.0 Å². The summed E-state index contributed by atoms with van der Waals surface area (Å²) in [5.41, 5.74) is 0. The molecule has 28 heavy (non-hydrogen) atoms. The zero-order valence-corrected chi connectivity index (χ0v) is 17.5. The van der Waals surface area contributed by atoms with Crippen LogP contribution in [0.4, 0.5) is 0 Å². The quantitative estimate of drug-likeness (QED) is 0.653. The molecule has 0 unspecified atom stereocenters. The highest BCUT2D eigenvalue weighted by molar-refractivity contribution is 7.89. The van der Waals surface area contributed by atoms with Gasteiger partial charge in [0.05, 0.1) is 24.8 Å². The van der Waals surface area contributed by atoms with Gasteiger partial charge in [-0.15, -0.1) is 0 Å². The van der Waals surface area contributed by atoms with E-state index in [-0.39, 0.29) is 35.5 Å². The summed E-state index contributed by atoms with van der Waals surface area (Å²) in [6, 6.07) is 6.31. The lowest BCUT2D eigenvalue weighted by Crippen LogP contribution is -2.52. The van der Waals surface area contributed by atoms with E-state index < -0.39 is 16.1 Å². The number of halogens is 1. The average molecular weight is 432 g/mol. The van der Waals surface area contributed by atoms with Crippen LogP contribution in [0.1, 0.15) is 0 Å². The van der Waals surface area contributed by atoms with Gasteiger partial charge in [0.25, 0.3) is 5.91 Å². The molecule has 2 aliphatic heterocycles. The fourth-order valence-electron chi connectivity index (χ4n) is 3.26. The molecular formula is C18H26ClN3O5S. The average Bonchev–Trinajstić information content (AvgIpc) is 2.72. The predicted molar refractivity (Wildman–Crippen MR) is 105 cm³/mol. The number of amides is 1. The second kappa shape index (κ2) is 9.51. The van der Waals surface area contributed by atoms with Crippen molar-refractivity contribution in [1.82, 2.24) is 14.1 Å². The molecule has 2 heterocycles. The summed E-state index contributed by atoms with van der Waals surface area (Å²) in [4.78, 5) is 16.6. The number of hydrogen-bond donors (Lipinski definition) is 0. The highest BCUT2D eigenvalue weighted by Gasteiger charge is 2.36. The summed E-state index contributed by atoms with van der Waals surface area (Å²) in [7, 11) is -2.07. The van der Waals surface area contributed by atoms with Gasteiger partial charge in [-0.3, -0.25) is 9.69 Å². The second-order valence-electron chi connectivity index (χ2n) is 6.87. The summed E-state index contributed by atoms with van der Waals surface area (Å²) in [5.74, 6) is -0.215. The van der Waals surface area contributed by atoms with Crippen LogP contribution in [0, 0.1) is 0 Å². The Labute approximate surface area is 171 Å². The first-order valence-electron chi connectivity index (χ1n) is 9.31. The number of morpholine rings is 2. The zero-order valence-electron chi connectivity index (χ0n) is 15.9. The van der Waals surface area contributed by atoms with Gasteiger partial charge in [-0.2, -0.15) is 4.31 Å². The topological polar surface area (TPSA) is 79.4 Å². The van der Waals surface area contributed by atoms with Crippen molar-refractivity contribution in [2.75, 3.05) is 66.1 Å². The molecule has 0 radical (unpaired) electrons. The van der Waals surface area contributed by atoms with E-state index in [2.05, 4.69) is 4.90 Å². The molecule has 2 fully saturated rings. The smallest absolute Gasteiger partial charge is 0.252 e. The van der Waals surface area contributed by atoms with Gasteiger partial charge in [-0.25, -0.2) is 8.42 Å². The Hall–Kier alpha value is -1.23. The third-order valence-electron chi connectivity index (χ3n) is 4.99. The molecule has 0 aliphatic carbocycles. The molecule has 2 saturated heterocycles. The molecule has 0 spiro atoms. The van der Waals surface area contributed by atoms with E-state index >= 15 is 0 Å². The van der Waals surface area contributed by atoms with Crippen molar-refractivity contribution >= 4 is 27.5 Å². The van der Waals surface area contributed by atoms with Crippen LogP contribution in [0.15, 0.2) is 29.2 Å². The van der Waals surface area contributed by atoms with E-state index in [9.17, 15) is 13.2 Å². The molecule has 8 nitrogen and oxygen atoms in total. The van der Waals surface area contributed by atoms with Crippen molar-refractivity contribution < 1.29 is 22.7 Å². The molecule has 0 aromatic heterocycles. The first kappa shape index (κ1) is 21.5. The number of carbonyl (C=O) groups is 1. The van der Waals surface area contributed by atoms with Crippen LogP contribution in [0.3, 0.4) is 0 Å². The van der Waals surface area contributed by atoms with Crippen molar-refractivity contribution in [2.45, 2.75) is 11.0 Å². The molecule has 0 saturated carbocycles. The lowest BCUT2D eigenvalue weighted by molar-refractivity contribution is -0.146. The molecule has 1 aromatic carbocycles. The fourth-order valence-corrected chi connectivity index (χ4v) is 5.18.